The van der Waals surface area contributed by atoms with Gasteiger partial charge < -0.3 is 0 Å². The lowest BCUT2D eigenvalue weighted by Crippen LogP contribution is -1.92. The molecule has 0 atom stereocenters. The van der Waals surface area contributed by atoms with Crippen LogP contribution in [0, 0.1) is 0 Å². The van der Waals surface area contributed by atoms with Crippen LogP contribution in [0.3, 0.4) is 0 Å². The van der Waals surface area contributed by atoms with Crippen molar-refractivity contribution < 1.29 is 0 Å². The van der Waals surface area contributed by atoms with Gasteiger partial charge in [0.1, 0.15) is 0 Å². The smallest absolute Gasteiger partial charge is 0.159 e. The van der Waals surface area contributed by atoms with Crippen LogP contribution in [0.5, 0.6) is 0 Å². The minimum Gasteiger partial charge on any atom is -0.237 e. The van der Waals surface area contributed by atoms with E-state index in [0.717, 1.165) is 55.7 Å². The molecule has 0 saturated carbocycles. The Bertz CT molecular complexity index is 2370. The zero-order chi connectivity index (χ0) is 30.5. The van der Waals surface area contributed by atoms with E-state index in [1.807, 2.05) is 24.3 Å². The van der Waals surface area contributed by atoms with Crippen LogP contribution < -0.4 is 0 Å². The molecular weight excluding hydrogens is 560 g/mol. The number of hydrogen-bond donors (Lipinski definition) is 0. The molecule has 9 aromatic rings. The van der Waals surface area contributed by atoms with Crippen LogP contribution in [-0.2, 0) is 0 Å². The zero-order valence-electron chi connectivity index (χ0n) is 24.8. The standard InChI is InChI=1S/C42H26N4/c1-2-16-34-33(15-1)39(31-11-5-9-29(25-31)37-21-19-27-13-7-23-43-41(27)45-37)35-17-3-4-18-36(35)40(34)32-12-6-10-30(26-32)38-22-20-28-14-8-24-44-42(28)46-38/h1-26H. The predicted molar refractivity (Wildman–Crippen MR) is 189 cm³/mol. The van der Waals surface area contributed by atoms with Crippen LogP contribution in [0.2, 0.25) is 0 Å². The number of nitrogens with zero attached hydrogens (tertiary/aromatic N) is 4. The van der Waals surface area contributed by atoms with Crippen molar-refractivity contribution in [2.75, 3.05) is 0 Å². The van der Waals surface area contributed by atoms with Crippen LogP contribution >= 0.6 is 0 Å². The van der Waals surface area contributed by atoms with Crippen molar-refractivity contribution in [3.8, 4) is 44.8 Å². The lowest BCUT2D eigenvalue weighted by molar-refractivity contribution is 1.29. The van der Waals surface area contributed by atoms with Gasteiger partial charge in [0, 0.05) is 34.3 Å². The average Bonchev–Trinajstić information content (AvgIpc) is 3.13. The van der Waals surface area contributed by atoms with E-state index in [4.69, 9.17) is 9.97 Å². The number of fused-ring (bicyclic) bond motifs is 4. The molecule has 4 heterocycles. The van der Waals surface area contributed by atoms with Crippen LogP contribution in [-0.4, -0.2) is 19.9 Å². The van der Waals surface area contributed by atoms with Crippen molar-refractivity contribution >= 4 is 43.6 Å². The molecule has 0 unspecified atom stereocenters. The van der Waals surface area contributed by atoms with Gasteiger partial charge in [-0.15, -0.1) is 0 Å². The minimum absolute atomic E-state index is 0.753. The molecule has 4 aromatic heterocycles. The van der Waals surface area contributed by atoms with E-state index in [0.29, 0.717) is 0 Å². The molecule has 0 amide bonds. The largest absolute Gasteiger partial charge is 0.237 e. The molecule has 5 aromatic carbocycles. The van der Waals surface area contributed by atoms with Gasteiger partial charge in [-0.2, -0.15) is 0 Å². The Hall–Kier alpha value is -6.26. The molecule has 0 aliphatic rings. The highest BCUT2D eigenvalue weighted by Crippen LogP contribution is 2.44. The summed E-state index contributed by atoms with van der Waals surface area (Å²) in [6.07, 6.45) is 3.58. The molecule has 46 heavy (non-hydrogen) atoms. The van der Waals surface area contributed by atoms with Crippen LogP contribution in [0.25, 0.3) is 88.4 Å². The number of pyridine rings is 4. The fraction of sp³-hybridized carbons (Fsp3) is 0. The summed E-state index contributed by atoms with van der Waals surface area (Å²) in [6.45, 7) is 0. The van der Waals surface area contributed by atoms with Gasteiger partial charge in [0.25, 0.3) is 0 Å². The third-order valence-electron chi connectivity index (χ3n) is 8.75. The first kappa shape index (κ1) is 26.2. The lowest BCUT2D eigenvalue weighted by atomic mass is 9.85. The van der Waals surface area contributed by atoms with Crippen LogP contribution in [0.1, 0.15) is 0 Å². The molecule has 9 rings (SSSR count). The van der Waals surface area contributed by atoms with Crippen molar-refractivity contribution in [3.05, 3.63) is 158 Å². The summed E-state index contributed by atoms with van der Waals surface area (Å²) >= 11 is 0. The second-order valence-corrected chi connectivity index (χ2v) is 11.5. The topological polar surface area (TPSA) is 51.6 Å². The maximum Gasteiger partial charge on any atom is 0.159 e. The molecule has 0 bridgehead atoms. The fourth-order valence-corrected chi connectivity index (χ4v) is 6.65. The normalized spacial score (nSPS) is 11.5. The van der Waals surface area contributed by atoms with Crippen molar-refractivity contribution in [1.82, 2.24) is 19.9 Å². The maximum absolute atomic E-state index is 4.89. The third-order valence-corrected chi connectivity index (χ3v) is 8.75. The quantitative estimate of drug-likeness (QED) is 0.193. The Morgan fingerprint density at radius 1 is 0.326 bits per heavy atom. The summed E-state index contributed by atoms with van der Waals surface area (Å²) in [7, 11) is 0. The van der Waals surface area contributed by atoms with Gasteiger partial charge >= 0.3 is 0 Å². The summed E-state index contributed by atoms with van der Waals surface area (Å²) in [5, 5.41) is 6.90. The molecule has 214 valence electrons. The van der Waals surface area contributed by atoms with E-state index in [9.17, 15) is 0 Å². The summed E-state index contributed by atoms with van der Waals surface area (Å²) < 4.78 is 0. The summed E-state index contributed by atoms with van der Waals surface area (Å²) in [6, 6.07) is 51.2. The van der Waals surface area contributed by atoms with Crippen molar-refractivity contribution in [2.24, 2.45) is 0 Å². The highest BCUT2D eigenvalue weighted by molar-refractivity contribution is 6.21. The second-order valence-electron chi connectivity index (χ2n) is 11.5. The molecule has 0 fully saturated rings. The van der Waals surface area contributed by atoms with E-state index < -0.39 is 0 Å². The average molecular weight is 587 g/mol. The monoisotopic (exact) mass is 586 g/mol. The van der Waals surface area contributed by atoms with E-state index in [1.54, 1.807) is 12.4 Å². The zero-order valence-corrected chi connectivity index (χ0v) is 24.8. The van der Waals surface area contributed by atoms with Gasteiger partial charge in [0.05, 0.1) is 11.4 Å². The van der Waals surface area contributed by atoms with E-state index >= 15 is 0 Å². The van der Waals surface area contributed by atoms with E-state index in [2.05, 4.69) is 131 Å². The Morgan fingerprint density at radius 2 is 0.739 bits per heavy atom. The first-order chi connectivity index (χ1) is 22.8. The Kier molecular flexibility index (Phi) is 6.10. The fourth-order valence-electron chi connectivity index (χ4n) is 6.65. The summed E-state index contributed by atoms with van der Waals surface area (Å²) in [5.41, 5.74) is 10.2. The molecule has 0 saturated heterocycles. The molecule has 4 nitrogen and oxygen atoms in total. The number of rotatable bonds is 4. The molecule has 4 heteroatoms. The number of hydrogen-bond acceptors (Lipinski definition) is 4. The first-order valence-electron chi connectivity index (χ1n) is 15.4. The number of benzene rings is 5. The van der Waals surface area contributed by atoms with Gasteiger partial charge in [-0.25, -0.2) is 19.9 Å². The SMILES string of the molecule is c1cc(-c2ccc3cccnc3n2)cc(-c2c3ccccc3c(-c3cccc(-c4ccc5cccnc5n4)c3)c3ccccc23)c1. The van der Waals surface area contributed by atoms with E-state index in [1.165, 1.54) is 32.7 Å². The molecule has 0 aliphatic carbocycles. The maximum atomic E-state index is 4.89. The van der Waals surface area contributed by atoms with E-state index in [-0.39, 0.29) is 0 Å². The van der Waals surface area contributed by atoms with Gasteiger partial charge in [0.15, 0.2) is 11.3 Å². The third kappa shape index (κ3) is 4.39. The first-order valence-corrected chi connectivity index (χ1v) is 15.4. The van der Waals surface area contributed by atoms with Gasteiger partial charge in [0.2, 0.25) is 0 Å². The molecular formula is C42H26N4. The Labute approximate surface area is 265 Å². The van der Waals surface area contributed by atoms with Gasteiger partial charge in [-0.05, 0) is 104 Å². The minimum atomic E-state index is 0.753. The van der Waals surface area contributed by atoms with Gasteiger partial charge in [-0.3, -0.25) is 0 Å². The summed E-state index contributed by atoms with van der Waals surface area (Å²) in [4.78, 5) is 18.8. The summed E-state index contributed by atoms with van der Waals surface area (Å²) in [5.74, 6) is 0. The van der Waals surface area contributed by atoms with Crippen molar-refractivity contribution in [2.45, 2.75) is 0 Å². The van der Waals surface area contributed by atoms with Crippen molar-refractivity contribution in [3.63, 3.8) is 0 Å². The van der Waals surface area contributed by atoms with Crippen LogP contribution in [0.4, 0.5) is 0 Å². The highest BCUT2D eigenvalue weighted by Gasteiger charge is 2.17. The Morgan fingerprint density at radius 3 is 1.17 bits per heavy atom. The highest BCUT2D eigenvalue weighted by atomic mass is 14.8. The van der Waals surface area contributed by atoms with Crippen LogP contribution in [0.15, 0.2) is 158 Å². The molecule has 0 N–H and O–H groups in total. The molecule has 0 spiro atoms. The number of aromatic nitrogens is 4. The van der Waals surface area contributed by atoms with Crippen molar-refractivity contribution in [1.29, 1.82) is 0 Å². The Balaban J connectivity index is 1.24. The second kappa shape index (κ2) is 10.7. The van der Waals surface area contributed by atoms with Gasteiger partial charge in [-0.1, -0.05) is 84.9 Å². The molecule has 0 aliphatic heterocycles. The predicted octanol–water partition coefficient (Wildman–Crippen LogP) is 10.5. The lowest BCUT2D eigenvalue weighted by Gasteiger charge is -2.18. The molecule has 0 radical (unpaired) electrons.